The van der Waals surface area contributed by atoms with Gasteiger partial charge in [-0.2, -0.15) is 0 Å². The molecule has 0 aliphatic heterocycles. The second kappa shape index (κ2) is 4.84. The maximum atomic E-state index is 2.35. The molecule has 0 nitrogen and oxygen atoms in total. The van der Waals surface area contributed by atoms with Crippen LogP contribution in [0.5, 0.6) is 0 Å². The van der Waals surface area contributed by atoms with Crippen LogP contribution in [0.2, 0.25) is 0 Å². The summed E-state index contributed by atoms with van der Waals surface area (Å²) in [6.07, 6.45) is 4.42. The lowest BCUT2D eigenvalue weighted by Crippen LogP contribution is -1.84. The molecule has 0 radical (unpaired) electrons. The van der Waals surface area contributed by atoms with Crippen LogP contribution in [0.3, 0.4) is 0 Å². The molecule has 0 saturated heterocycles. The van der Waals surface area contributed by atoms with Crippen LogP contribution in [0.25, 0.3) is 0 Å². The third kappa shape index (κ3) is 3.56. The van der Waals surface area contributed by atoms with Gasteiger partial charge < -0.3 is 0 Å². The predicted octanol–water partition coefficient (Wildman–Crippen LogP) is 3.47. The lowest BCUT2D eigenvalue weighted by molar-refractivity contribution is 0.555. The van der Waals surface area contributed by atoms with E-state index in [9.17, 15) is 0 Å². The van der Waals surface area contributed by atoms with E-state index in [1.807, 2.05) is 13.8 Å². The second-order valence-corrected chi connectivity index (χ2v) is 3.02. The zero-order valence-electron chi connectivity index (χ0n) is 7.28. The lowest BCUT2D eigenvalue weighted by Gasteiger charge is -1.96. The molecule has 1 fully saturated rings. The van der Waals surface area contributed by atoms with Crippen molar-refractivity contribution in [3.63, 3.8) is 0 Å². The first-order valence-electron chi connectivity index (χ1n) is 4.29. The van der Waals surface area contributed by atoms with Crippen molar-refractivity contribution in [3.8, 4) is 0 Å². The highest BCUT2D eigenvalue weighted by Gasteiger charge is 2.15. The lowest BCUT2D eigenvalue weighted by atomic mass is 10.1. The molecule has 0 aromatic carbocycles. The zero-order chi connectivity index (χ0) is 7.28. The van der Waals surface area contributed by atoms with E-state index in [2.05, 4.69) is 13.8 Å². The van der Waals surface area contributed by atoms with Gasteiger partial charge in [-0.3, -0.25) is 0 Å². The molecule has 1 saturated carbocycles. The largest absolute Gasteiger partial charge is 0.0683 e. The summed E-state index contributed by atoms with van der Waals surface area (Å²) in [4.78, 5) is 0. The predicted molar refractivity (Wildman–Crippen MR) is 43.5 cm³/mol. The number of hydrogen-bond donors (Lipinski definition) is 0. The standard InChI is InChI=1S/C7H14.C2H6/c1-6-3-4-7(2)5-6;1-2/h6-7H,3-5H2,1-2H3;1-2H3/t6-,7?;/m0./s1. The van der Waals surface area contributed by atoms with E-state index in [-0.39, 0.29) is 0 Å². The first-order chi connectivity index (χ1) is 4.29. The van der Waals surface area contributed by atoms with E-state index in [1.165, 1.54) is 19.3 Å². The van der Waals surface area contributed by atoms with Crippen LogP contribution in [0.15, 0.2) is 0 Å². The van der Waals surface area contributed by atoms with E-state index in [0.717, 1.165) is 11.8 Å². The van der Waals surface area contributed by atoms with Crippen molar-refractivity contribution in [2.24, 2.45) is 11.8 Å². The van der Waals surface area contributed by atoms with E-state index in [1.54, 1.807) is 0 Å². The molecule has 0 heteroatoms. The minimum Gasteiger partial charge on any atom is -0.0683 e. The summed E-state index contributed by atoms with van der Waals surface area (Å²) in [6.45, 7) is 8.70. The molecule has 0 aromatic heterocycles. The molecule has 0 heterocycles. The van der Waals surface area contributed by atoms with Gasteiger partial charge in [0.05, 0.1) is 0 Å². The van der Waals surface area contributed by atoms with E-state index in [0.29, 0.717) is 0 Å². The van der Waals surface area contributed by atoms with Gasteiger partial charge in [-0.25, -0.2) is 0 Å². The van der Waals surface area contributed by atoms with Gasteiger partial charge in [0.25, 0.3) is 0 Å². The third-order valence-electron chi connectivity index (χ3n) is 1.96. The van der Waals surface area contributed by atoms with Gasteiger partial charge in [-0.05, 0) is 18.3 Å². The number of rotatable bonds is 0. The second-order valence-electron chi connectivity index (χ2n) is 3.02. The van der Waals surface area contributed by atoms with Crippen molar-refractivity contribution in [1.29, 1.82) is 0 Å². The van der Waals surface area contributed by atoms with Crippen molar-refractivity contribution >= 4 is 0 Å². The van der Waals surface area contributed by atoms with Crippen LogP contribution in [0, 0.1) is 11.8 Å². The summed E-state index contributed by atoms with van der Waals surface area (Å²) in [5.41, 5.74) is 0. The highest BCUT2D eigenvalue weighted by Crippen LogP contribution is 2.29. The summed E-state index contributed by atoms with van der Waals surface area (Å²) >= 11 is 0. The molecule has 1 aliphatic carbocycles. The van der Waals surface area contributed by atoms with Gasteiger partial charge in [0, 0.05) is 0 Å². The van der Waals surface area contributed by atoms with Crippen LogP contribution >= 0.6 is 0 Å². The minimum atomic E-state index is 1.02. The third-order valence-corrected chi connectivity index (χ3v) is 1.96. The molecule has 1 aliphatic rings. The maximum Gasteiger partial charge on any atom is -0.0440 e. The fraction of sp³-hybridized carbons (Fsp3) is 1.00. The van der Waals surface area contributed by atoms with Crippen LogP contribution in [-0.4, -0.2) is 0 Å². The Balaban J connectivity index is 0.000000291. The summed E-state index contributed by atoms with van der Waals surface area (Å²) in [5.74, 6) is 2.05. The fourth-order valence-corrected chi connectivity index (χ4v) is 1.49. The summed E-state index contributed by atoms with van der Waals surface area (Å²) < 4.78 is 0. The molecule has 0 amide bonds. The van der Waals surface area contributed by atoms with Gasteiger partial charge >= 0.3 is 0 Å². The molecular weight excluding hydrogens is 108 g/mol. The normalized spacial score (nSPS) is 33.3. The fourth-order valence-electron chi connectivity index (χ4n) is 1.49. The average molecular weight is 128 g/mol. The summed E-state index contributed by atoms with van der Waals surface area (Å²) in [7, 11) is 0. The molecular formula is C9H20. The SMILES string of the molecule is CC.CC1CC[C@H](C)C1. The smallest absolute Gasteiger partial charge is 0.0440 e. The molecule has 1 rings (SSSR count). The monoisotopic (exact) mass is 128 g/mol. The summed E-state index contributed by atoms with van der Waals surface area (Å²) in [6, 6.07) is 0. The van der Waals surface area contributed by atoms with Crippen LogP contribution in [0.1, 0.15) is 47.0 Å². The van der Waals surface area contributed by atoms with Gasteiger partial charge in [0.2, 0.25) is 0 Å². The molecule has 9 heavy (non-hydrogen) atoms. The van der Waals surface area contributed by atoms with Crippen LogP contribution < -0.4 is 0 Å². The van der Waals surface area contributed by atoms with Crippen molar-refractivity contribution < 1.29 is 0 Å². The maximum absolute atomic E-state index is 2.35. The molecule has 0 aromatic rings. The molecule has 1 unspecified atom stereocenters. The van der Waals surface area contributed by atoms with Gasteiger partial charge in [0.1, 0.15) is 0 Å². The highest BCUT2D eigenvalue weighted by atomic mass is 14.2. The minimum absolute atomic E-state index is 1.02. The Morgan fingerprint density at radius 3 is 1.33 bits per heavy atom. The van der Waals surface area contributed by atoms with Gasteiger partial charge in [-0.15, -0.1) is 0 Å². The first kappa shape index (κ1) is 9.00. The van der Waals surface area contributed by atoms with Crippen molar-refractivity contribution in [2.45, 2.75) is 47.0 Å². The Labute approximate surface area is 59.7 Å². The van der Waals surface area contributed by atoms with E-state index in [4.69, 9.17) is 0 Å². The number of hydrogen-bond acceptors (Lipinski definition) is 0. The van der Waals surface area contributed by atoms with Crippen LogP contribution in [0.4, 0.5) is 0 Å². The first-order valence-corrected chi connectivity index (χ1v) is 4.29. The quantitative estimate of drug-likeness (QED) is 0.468. The Morgan fingerprint density at radius 1 is 0.889 bits per heavy atom. The van der Waals surface area contributed by atoms with Gasteiger partial charge in [0.15, 0.2) is 0 Å². The Bertz CT molecular complexity index is 49.1. The average Bonchev–Trinajstić information content (AvgIpc) is 2.20. The van der Waals surface area contributed by atoms with Crippen molar-refractivity contribution in [3.05, 3.63) is 0 Å². The van der Waals surface area contributed by atoms with Crippen LogP contribution in [-0.2, 0) is 0 Å². The zero-order valence-corrected chi connectivity index (χ0v) is 7.28. The topological polar surface area (TPSA) is 0 Å². The van der Waals surface area contributed by atoms with Crippen molar-refractivity contribution in [2.75, 3.05) is 0 Å². The molecule has 56 valence electrons. The van der Waals surface area contributed by atoms with E-state index >= 15 is 0 Å². The summed E-state index contributed by atoms with van der Waals surface area (Å²) in [5, 5.41) is 0. The van der Waals surface area contributed by atoms with Crippen molar-refractivity contribution in [1.82, 2.24) is 0 Å². The Hall–Kier alpha value is 0. The molecule has 0 bridgehead atoms. The Morgan fingerprint density at radius 2 is 1.22 bits per heavy atom. The Kier molecular flexibility index (Phi) is 4.84. The van der Waals surface area contributed by atoms with Gasteiger partial charge in [-0.1, -0.05) is 40.5 Å². The molecule has 2 atom stereocenters. The van der Waals surface area contributed by atoms with E-state index < -0.39 is 0 Å². The molecule has 0 N–H and O–H groups in total. The molecule has 0 spiro atoms. The highest BCUT2D eigenvalue weighted by molar-refractivity contribution is 4.68.